The molecule has 1 amide bonds. The molecular weight excluding hydrogens is 348 g/mol. The van der Waals surface area contributed by atoms with Crippen LogP contribution in [0.3, 0.4) is 0 Å². The number of carbonyl (C=O) groups is 2. The normalized spacial score (nSPS) is 15.0. The number of benzene rings is 1. The topological polar surface area (TPSA) is 90.9 Å². The third-order valence-corrected chi connectivity index (χ3v) is 5.66. The van der Waals surface area contributed by atoms with Crippen LogP contribution in [-0.4, -0.2) is 31.7 Å². The summed E-state index contributed by atoms with van der Waals surface area (Å²) in [4.78, 5) is 24.1. The molecule has 1 saturated carbocycles. The highest BCUT2D eigenvalue weighted by molar-refractivity contribution is 8.00. The average Bonchev–Trinajstić information content (AvgIpc) is 3.36. The molecule has 1 aliphatic rings. The van der Waals surface area contributed by atoms with Gasteiger partial charge in [0.25, 0.3) is 0 Å². The van der Waals surface area contributed by atoms with Crippen LogP contribution in [0.15, 0.2) is 23.4 Å². The molecule has 0 bridgehead atoms. The molecule has 1 fully saturated rings. The summed E-state index contributed by atoms with van der Waals surface area (Å²) >= 11 is 1.39. The number of aromatic nitrogens is 3. The second-order valence-corrected chi connectivity index (χ2v) is 8.23. The van der Waals surface area contributed by atoms with E-state index in [1.54, 1.807) is 0 Å². The number of aryl methyl sites for hydroxylation is 2. The molecule has 0 aliphatic heterocycles. The number of nitrogens with zero attached hydrogens (tertiary/aromatic N) is 3. The van der Waals surface area contributed by atoms with Crippen molar-refractivity contribution in [1.29, 1.82) is 0 Å². The molecule has 1 aromatic heterocycles. The molecule has 0 spiro atoms. The van der Waals surface area contributed by atoms with Crippen molar-refractivity contribution < 1.29 is 9.59 Å². The van der Waals surface area contributed by atoms with Gasteiger partial charge in [0.15, 0.2) is 10.9 Å². The molecule has 2 N–H and O–H groups in total. The Morgan fingerprint density at radius 3 is 2.69 bits per heavy atom. The number of rotatable bonds is 8. The van der Waals surface area contributed by atoms with E-state index >= 15 is 0 Å². The van der Waals surface area contributed by atoms with Crippen LogP contribution < -0.4 is 5.73 Å². The summed E-state index contributed by atoms with van der Waals surface area (Å²) in [5.41, 5.74) is 8.09. The SMILES string of the molecule is Cc1ccc(C)c(C(=O)C(C)Sc2nnc(C3CC3)n2CCC(N)=O)c1. The Hall–Kier alpha value is -2.15. The number of ketones is 1. The Labute approximate surface area is 157 Å². The van der Waals surface area contributed by atoms with E-state index in [4.69, 9.17) is 5.73 Å². The molecule has 1 aliphatic carbocycles. The van der Waals surface area contributed by atoms with E-state index < -0.39 is 0 Å². The third-order valence-electron chi connectivity index (χ3n) is 4.58. The van der Waals surface area contributed by atoms with Gasteiger partial charge in [0.2, 0.25) is 5.91 Å². The number of carbonyl (C=O) groups excluding carboxylic acids is 2. The van der Waals surface area contributed by atoms with E-state index in [-0.39, 0.29) is 23.4 Å². The Kier molecular flexibility index (Phi) is 5.46. The van der Waals surface area contributed by atoms with Crippen LogP contribution in [0.25, 0.3) is 0 Å². The summed E-state index contributed by atoms with van der Waals surface area (Å²) in [5.74, 6) is 1.04. The first kappa shape index (κ1) is 18.6. The van der Waals surface area contributed by atoms with Crippen LogP contribution in [0.4, 0.5) is 0 Å². The van der Waals surface area contributed by atoms with Gasteiger partial charge < -0.3 is 10.3 Å². The highest BCUT2D eigenvalue weighted by Gasteiger charge is 2.31. The molecule has 2 aromatic rings. The number of amides is 1. The van der Waals surface area contributed by atoms with Gasteiger partial charge in [-0.15, -0.1) is 10.2 Å². The van der Waals surface area contributed by atoms with Crippen LogP contribution in [0.5, 0.6) is 0 Å². The predicted octanol–water partition coefficient (Wildman–Crippen LogP) is 3.01. The summed E-state index contributed by atoms with van der Waals surface area (Å²) < 4.78 is 1.96. The summed E-state index contributed by atoms with van der Waals surface area (Å²) in [6.07, 6.45) is 2.43. The van der Waals surface area contributed by atoms with Gasteiger partial charge in [-0.1, -0.05) is 29.5 Å². The highest BCUT2D eigenvalue weighted by Crippen LogP contribution is 2.40. The molecule has 3 rings (SSSR count). The number of hydrogen-bond donors (Lipinski definition) is 1. The summed E-state index contributed by atoms with van der Waals surface area (Å²) in [6, 6.07) is 5.91. The first-order valence-electron chi connectivity index (χ1n) is 8.86. The molecular formula is C19H24N4O2S. The molecule has 0 radical (unpaired) electrons. The van der Waals surface area contributed by atoms with Gasteiger partial charge in [0.05, 0.1) is 5.25 Å². The minimum atomic E-state index is -0.351. The first-order valence-corrected chi connectivity index (χ1v) is 9.74. The van der Waals surface area contributed by atoms with Crippen LogP contribution in [0, 0.1) is 13.8 Å². The van der Waals surface area contributed by atoms with Gasteiger partial charge in [-0.05, 0) is 45.2 Å². The standard InChI is InChI=1S/C19H24N4O2S/c1-11-4-5-12(2)15(10-11)17(25)13(3)26-19-22-21-18(14-6-7-14)23(19)9-8-16(20)24/h4-5,10,13-14H,6-9H2,1-3H3,(H2,20,24). The summed E-state index contributed by atoms with van der Waals surface area (Å²) in [5, 5.41) is 8.97. The fourth-order valence-corrected chi connectivity index (χ4v) is 3.85. The van der Waals surface area contributed by atoms with Crippen molar-refractivity contribution >= 4 is 23.5 Å². The maximum absolute atomic E-state index is 12.9. The minimum Gasteiger partial charge on any atom is -0.370 e. The van der Waals surface area contributed by atoms with Crippen molar-refractivity contribution in [2.75, 3.05) is 0 Å². The minimum absolute atomic E-state index is 0.0774. The maximum atomic E-state index is 12.9. The maximum Gasteiger partial charge on any atom is 0.219 e. The van der Waals surface area contributed by atoms with Crippen molar-refractivity contribution in [3.05, 3.63) is 40.7 Å². The Morgan fingerprint density at radius 1 is 1.31 bits per heavy atom. The monoisotopic (exact) mass is 372 g/mol. The third kappa shape index (κ3) is 4.15. The first-order chi connectivity index (χ1) is 12.4. The van der Waals surface area contributed by atoms with E-state index in [0.717, 1.165) is 35.4 Å². The molecule has 1 atom stereocenters. The smallest absolute Gasteiger partial charge is 0.219 e. The lowest BCUT2D eigenvalue weighted by atomic mass is 10.0. The molecule has 1 heterocycles. The Morgan fingerprint density at radius 2 is 2.04 bits per heavy atom. The van der Waals surface area contributed by atoms with Crippen LogP contribution in [-0.2, 0) is 11.3 Å². The summed E-state index contributed by atoms with van der Waals surface area (Å²) in [7, 11) is 0. The fraction of sp³-hybridized carbons (Fsp3) is 0.474. The quantitative estimate of drug-likeness (QED) is 0.568. The summed E-state index contributed by atoms with van der Waals surface area (Å²) in [6.45, 7) is 6.28. The lowest BCUT2D eigenvalue weighted by Crippen LogP contribution is -2.18. The number of thioether (sulfide) groups is 1. The van der Waals surface area contributed by atoms with Gasteiger partial charge >= 0.3 is 0 Å². The second kappa shape index (κ2) is 7.61. The van der Waals surface area contributed by atoms with Crippen molar-refractivity contribution in [3.8, 4) is 0 Å². The van der Waals surface area contributed by atoms with Crippen LogP contribution in [0.1, 0.15) is 59.4 Å². The molecule has 0 saturated heterocycles. The van der Waals surface area contributed by atoms with E-state index in [1.807, 2.05) is 43.5 Å². The van der Waals surface area contributed by atoms with E-state index in [2.05, 4.69) is 10.2 Å². The van der Waals surface area contributed by atoms with Crippen molar-refractivity contribution in [3.63, 3.8) is 0 Å². The zero-order valence-corrected chi connectivity index (χ0v) is 16.2. The number of primary amides is 1. The largest absolute Gasteiger partial charge is 0.370 e. The number of Topliss-reactive ketones (excluding diaryl/α,β-unsaturated/α-hetero) is 1. The van der Waals surface area contributed by atoms with Crippen molar-refractivity contribution in [1.82, 2.24) is 14.8 Å². The predicted molar refractivity (Wildman–Crippen MR) is 101 cm³/mol. The van der Waals surface area contributed by atoms with Gasteiger partial charge in [-0.25, -0.2) is 0 Å². The van der Waals surface area contributed by atoms with Gasteiger partial charge in [-0.3, -0.25) is 9.59 Å². The number of hydrogen-bond acceptors (Lipinski definition) is 5. The molecule has 7 heteroatoms. The molecule has 138 valence electrons. The van der Waals surface area contributed by atoms with E-state index in [1.165, 1.54) is 11.8 Å². The molecule has 6 nitrogen and oxygen atoms in total. The van der Waals surface area contributed by atoms with Gasteiger partial charge in [0, 0.05) is 24.4 Å². The Balaban J connectivity index is 1.80. The van der Waals surface area contributed by atoms with Crippen molar-refractivity contribution in [2.45, 2.75) is 62.9 Å². The molecule has 1 aromatic carbocycles. The van der Waals surface area contributed by atoms with E-state index in [9.17, 15) is 9.59 Å². The molecule has 26 heavy (non-hydrogen) atoms. The van der Waals surface area contributed by atoms with Crippen LogP contribution >= 0.6 is 11.8 Å². The van der Waals surface area contributed by atoms with E-state index in [0.29, 0.717) is 17.6 Å². The lowest BCUT2D eigenvalue weighted by molar-refractivity contribution is -0.118. The van der Waals surface area contributed by atoms with Crippen molar-refractivity contribution in [2.24, 2.45) is 5.73 Å². The number of nitrogens with two attached hydrogens (primary N) is 1. The highest BCUT2D eigenvalue weighted by atomic mass is 32.2. The van der Waals surface area contributed by atoms with Gasteiger partial charge in [0.1, 0.15) is 5.82 Å². The second-order valence-electron chi connectivity index (χ2n) is 6.93. The average molecular weight is 372 g/mol. The Bertz CT molecular complexity index is 842. The zero-order valence-electron chi connectivity index (χ0n) is 15.4. The fourth-order valence-electron chi connectivity index (χ4n) is 2.89. The van der Waals surface area contributed by atoms with Crippen LogP contribution in [0.2, 0.25) is 0 Å². The van der Waals surface area contributed by atoms with Gasteiger partial charge in [-0.2, -0.15) is 0 Å². The lowest BCUT2D eigenvalue weighted by Gasteiger charge is -2.14. The zero-order chi connectivity index (χ0) is 18.8. The molecule has 1 unspecified atom stereocenters.